The monoisotopic (exact) mass is 372 g/mol. The number of carbonyl (C=O) groups is 3. The normalized spacial score (nSPS) is 17.3. The van der Waals surface area contributed by atoms with Gasteiger partial charge in [-0.05, 0) is 39.7 Å². The van der Waals surface area contributed by atoms with Crippen LogP contribution in [0.15, 0.2) is 0 Å². The molecule has 1 aliphatic heterocycles. The van der Waals surface area contributed by atoms with Gasteiger partial charge >= 0.3 is 18.0 Å². The summed E-state index contributed by atoms with van der Waals surface area (Å²) in [5.41, 5.74) is -1.37. The van der Waals surface area contributed by atoms with E-state index in [0.29, 0.717) is 13.0 Å². The minimum absolute atomic E-state index is 0.0520. The van der Waals surface area contributed by atoms with Crippen LogP contribution in [0.3, 0.4) is 0 Å². The SMILES string of the molecule is COC(=O)C(NCCC1(C(=O)OC)CN(C(=O)OC(C)(C)C)C1)C(C)C. The molecule has 1 N–H and O–H groups in total. The van der Waals surface area contributed by atoms with Gasteiger partial charge in [0.15, 0.2) is 0 Å². The van der Waals surface area contributed by atoms with E-state index in [0.717, 1.165) is 0 Å². The van der Waals surface area contributed by atoms with Crippen LogP contribution in [-0.4, -0.2) is 68.4 Å². The summed E-state index contributed by atoms with van der Waals surface area (Å²) >= 11 is 0. The number of ether oxygens (including phenoxy) is 3. The average Bonchev–Trinajstić information content (AvgIpc) is 2.49. The van der Waals surface area contributed by atoms with Crippen LogP contribution in [0.1, 0.15) is 41.0 Å². The van der Waals surface area contributed by atoms with E-state index in [1.807, 2.05) is 13.8 Å². The molecule has 0 bridgehead atoms. The van der Waals surface area contributed by atoms with E-state index in [-0.39, 0.29) is 30.9 Å². The van der Waals surface area contributed by atoms with Crippen LogP contribution in [0, 0.1) is 11.3 Å². The summed E-state index contributed by atoms with van der Waals surface area (Å²) in [5, 5.41) is 3.14. The summed E-state index contributed by atoms with van der Waals surface area (Å²) in [6.45, 7) is 10.1. The summed E-state index contributed by atoms with van der Waals surface area (Å²) < 4.78 is 15.0. The highest BCUT2D eigenvalue weighted by atomic mass is 16.6. The number of methoxy groups -OCH3 is 2. The average molecular weight is 372 g/mol. The number of rotatable bonds is 7. The van der Waals surface area contributed by atoms with Gasteiger partial charge in [0.25, 0.3) is 0 Å². The smallest absolute Gasteiger partial charge is 0.410 e. The highest BCUT2D eigenvalue weighted by Gasteiger charge is 2.52. The second-order valence-corrected chi connectivity index (χ2v) is 8.06. The number of nitrogens with zero attached hydrogens (tertiary/aromatic N) is 1. The molecule has 0 spiro atoms. The summed E-state index contributed by atoms with van der Waals surface area (Å²) in [4.78, 5) is 37.7. The number of carbonyl (C=O) groups excluding carboxylic acids is 3. The topological polar surface area (TPSA) is 94.2 Å². The third-order valence-electron chi connectivity index (χ3n) is 4.35. The molecule has 1 aliphatic rings. The fourth-order valence-corrected chi connectivity index (χ4v) is 2.93. The number of hydrogen-bond acceptors (Lipinski definition) is 7. The zero-order valence-corrected chi connectivity index (χ0v) is 16.9. The zero-order chi connectivity index (χ0) is 20.1. The highest BCUT2D eigenvalue weighted by molar-refractivity contribution is 5.82. The molecule has 8 nitrogen and oxygen atoms in total. The molecule has 0 aromatic carbocycles. The molecule has 1 rings (SSSR count). The first-order valence-corrected chi connectivity index (χ1v) is 8.83. The molecule has 1 amide bonds. The van der Waals surface area contributed by atoms with E-state index in [1.54, 1.807) is 20.8 Å². The van der Waals surface area contributed by atoms with Crippen molar-refractivity contribution in [2.45, 2.75) is 52.7 Å². The fourth-order valence-electron chi connectivity index (χ4n) is 2.93. The maximum Gasteiger partial charge on any atom is 0.410 e. The molecule has 0 aliphatic carbocycles. The van der Waals surface area contributed by atoms with Crippen LogP contribution in [-0.2, 0) is 23.8 Å². The zero-order valence-electron chi connectivity index (χ0n) is 16.9. The Morgan fingerprint density at radius 3 is 2.12 bits per heavy atom. The van der Waals surface area contributed by atoms with Crippen molar-refractivity contribution < 1.29 is 28.6 Å². The Hall–Kier alpha value is -1.83. The Balaban J connectivity index is 2.66. The van der Waals surface area contributed by atoms with Gasteiger partial charge < -0.3 is 24.4 Å². The van der Waals surface area contributed by atoms with E-state index in [2.05, 4.69) is 5.32 Å². The third-order valence-corrected chi connectivity index (χ3v) is 4.35. The largest absolute Gasteiger partial charge is 0.468 e. The van der Waals surface area contributed by atoms with E-state index in [1.165, 1.54) is 19.1 Å². The Morgan fingerprint density at radius 2 is 1.69 bits per heavy atom. The van der Waals surface area contributed by atoms with Gasteiger partial charge in [0.05, 0.1) is 14.2 Å². The Kier molecular flexibility index (Phi) is 7.44. The van der Waals surface area contributed by atoms with Crippen molar-refractivity contribution in [2.75, 3.05) is 33.9 Å². The molecule has 26 heavy (non-hydrogen) atoms. The molecule has 1 saturated heterocycles. The molecule has 8 heteroatoms. The van der Waals surface area contributed by atoms with Gasteiger partial charge in [-0.15, -0.1) is 0 Å². The molecule has 0 aromatic rings. The first-order valence-electron chi connectivity index (χ1n) is 8.83. The fraction of sp³-hybridized carbons (Fsp3) is 0.833. The van der Waals surface area contributed by atoms with Crippen molar-refractivity contribution in [3.63, 3.8) is 0 Å². The maximum absolute atomic E-state index is 12.2. The quantitative estimate of drug-likeness (QED) is 0.535. The minimum atomic E-state index is -0.781. The molecular formula is C18H32N2O6. The van der Waals surface area contributed by atoms with Gasteiger partial charge in [0.2, 0.25) is 0 Å². The lowest BCUT2D eigenvalue weighted by atomic mass is 9.77. The van der Waals surface area contributed by atoms with E-state index in [4.69, 9.17) is 14.2 Å². The lowest BCUT2D eigenvalue weighted by molar-refractivity contribution is -0.163. The van der Waals surface area contributed by atoms with Crippen molar-refractivity contribution >= 4 is 18.0 Å². The second kappa shape index (κ2) is 8.70. The predicted molar refractivity (Wildman–Crippen MR) is 95.5 cm³/mol. The van der Waals surface area contributed by atoms with Gasteiger partial charge in [-0.1, -0.05) is 13.8 Å². The van der Waals surface area contributed by atoms with E-state index < -0.39 is 23.2 Å². The minimum Gasteiger partial charge on any atom is -0.468 e. The van der Waals surface area contributed by atoms with E-state index >= 15 is 0 Å². The van der Waals surface area contributed by atoms with Crippen molar-refractivity contribution in [2.24, 2.45) is 11.3 Å². The molecule has 1 fully saturated rings. The molecule has 0 radical (unpaired) electrons. The first-order chi connectivity index (χ1) is 12.0. The molecule has 1 heterocycles. The highest BCUT2D eigenvalue weighted by Crippen LogP contribution is 2.36. The summed E-state index contributed by atoms with van der Waals surface area (Å²) in [6.07, 6.45) is -0.00117. The third kappa shape index (κ3) is 5.59. The lowest BCUT2D eigenvalue weighted by Crippen LogP contribution is -2.64. The second-order valence-electron chi connectivity index (χ2n) is 8.06. The lowest BCUT2D eigenvalue weighted by Gasteiger charge is -2.47. The predicted octanol–water partition coefficient (Wildman–Crippen LogP) is 1.57. The molecule has 0 saturated carbocycles. The van der Waals surface area contributed by atoms with Crippen LogP contribution in [0.2, 0.25) is 0 Å². The summed E-state index contributed by atoms with van der Waals surface area (Å²) in [7, 11) is 2.68. The van der Waals surface area contributed by atoms with Crippen LogP contribution < -0.4 is 5.32 Å². The van der Waals surface area contributed by atoms with Gasteiger partial charge in [-0.3, -0.25) is 9.59 Å². The van der Waals surface area contributed by atoms with Gasteiger partial charge in [-0.25, -0.2) is 4.79 Å². The van der Waals surface area contributed by atoms with Crippen LogP contribution in [0.5, 0.6) is 0 Å². The Morgan fingerprint density at radius 1 is 1.12 bits per heavy atom. The van der Waals surface area contributed by atoms with Crippen LogP contribution >= 0.6 is 0 Å². The number of likely N-dealkylation sites (tertiary alicyclic amines) is 1. The van der Waals surface area contributed by atoms with Gasteiger partial charge in [-0.2, -0.15) is 0 Å². The summed E-state index contributed by atoms with van der Waals surface area (Å²) in [6, 6.07) is -0.447. The van der Waals surface area contributed by atoms with Gasteiger partial charge in [0.1, 0.15) is 17.1 Å². The molecule has 1 unspecified atom stereocenters. The Labute approximate surface area is 155 Å². The van der Waals surface area contributed by atoms with Crippen molar-refractivity contribution in [1.82, 2.24) is 10.2 Å². The molecule has 150 valence electrons. The van der Waals surface area contributed by atoms with Crippen molar-refractivity contribution in [3.05, 3.63) is 0 Å². The first kappa shape index (κ1) is 22.2. The number of amides is 1. The number of nitrogens with one attached hydrogen (secondary N) is 1. The van der Waals surface area contributed by atoms with E-state index in [9.17, 15) is 14.4 Å². The number of hydrogen-bond donors (Lipinski definition) is 1. The van der Waals surface area contributed by atoms with Crippen molar-refractivity contribution in [1.29, 1.82) is 0 Å². The maximum atomic E-state index is 12.2. The van der Waals surface area contributed by atoms with Crippen LogP contribution in [0.25, 0.3) is 0 Å². The van der Waals surface area contributed by atoms with Crippen molar-refractivity contribution in [3.8, 4) is 0 Å². The Bertz CT molecular complexity index is 520. The van der Waals surface area contributed by atoms with Crippen LogP contribution in [0.4, 0.5) is 4.79 Å². The molecular weight excluding hydrogens is 340 g/mol. The molecule has 1 atom stereocenters. The number of esters is 2. The molecule has 0 aromatic heterocycles. The van der Waals surface area contributed by atoms with Gasteiger partial charge in [0, 0.05) is 13.1 Å². The summed E-state index contributed by atoms with van der Waals surface area (Å²) in [5.74, 6) is -0.648. The standard InChI is InChI=1S/C18H32N2O6/c1-12(2)13(14(21)24-6)19-9-8-18(15(22)25-7)10-20(11-18)16(23)26-17(3,4)5/h12-13,19H,8-11H2,1-7H3.